The van der Waals surface area contributed by atoms with Crippen LogP contribution in [0.25, 0.3) is 10.9 Å². The van der Waals surface area contributed by atoms with Crippen molar-refractivity contribution in [1.82, 2.24) is 9.88 Å². The molecule has 37 heavy (non-hydrogen) atoms. The van der Waals surface area contributed by atoms with E-state index in [1.165, 1.54) is 19.4 Å². The molecule has 12 heteroatoms. The summed E-state index contributed by atoms with van der Waals surface area (Å²) in [5.41, 5.74) is -0.155. The topological polar surface area (TPSA) is 158 Å². The van der Waals surface area contributed by atoms with E-state index in [2.05, 4.69) is 5.32 Å². The molecule has 0 amide bonds. The van der Waals surface area contributed by atoms with Gasteiger partial charge in [-0.15, -0.1) is 0 Å². The number of piperidine rings is 1. The van der Waals surface area contributed by atoms with Crippen LogP contribution in [0, 0.1) is 11.7 Å². The molecule has 11 nitrogen and oxygen atoms in total. The standard InChI is InChI=1S/C21H24FN3O4.C4H4O4/c1-29-20-17-13(19(26)14(21(27)28)9-25(17)12-4-5-12)7-15(22)18(20)24-8-11-3-2-6-23-16(11)10-24;5-3(6)1-2-4(7)8/h7,9,11-12,16,23H,2-6,8,10H2,1H3,(H,27,28);1-2H,(H,5,6)(H,7,8)/t11?,16-;/m1./s1. The van der Waals surface area contributed by atoms with Gasteiger partial charge in [-0.1, -0.05) is 0 Å². The van der Waals surface area contributed by atoms with Crippen LogP contribution in [0.2, 0.25) is 0 Å². The zero-order valence-electron chi connectivity index (χ0n) is 20.1. The third kappa shape index (κ3) is 5.43. The van der Waals surface area contributed by atoms with Gasteiger partial charge in [-0.25, -0.2) is 18.8 Å². The lowest BCUT2D eigenvalue weighted by Gasteiger charge is -2.25. The smallest absolute Gasteiger partial charge is 0.341 e. The largest absolute Gasteiger partial charge is 0.492 e. The van der Waals surface area contributed by atoms with E-state index < -0.39 is 29.2 Å². The van der Waals surface area contributed by atoms with Crippen molar-refractivity contribution in [2.24, 2.45) is 5.92 Å². The van der Waals surface area contributed by atoms with Crippen molar-refractivity contribution in [3.63, 3.8) is 0 Å². The van der Waals surface area contributed by atoms with Gasteiger partial charge in [-0.05, 0) is 44.2 Å². The van der Waals surface area contributed by atoms with E-state index in [0.29, 0.717) is 47.6 Å². The van der Waals surface area contributed by atoms with Gasteiger partial charge in [0.05, 0.1) is 18.0 Å². The lowest BCUT2D eigenvalue weighted by molar-refractivity contribution is -0.134. The number of hydrogen-bond donors (Lipinski definition) is 4. The zero-order valence-corrected chi connectivity index (χ0v) is 20.1. The van der Waals surface area contributed by atoms with E-state index in [0.717, 1.165) is 38.8 Å². The molecule has 2 aliphatic heterocycles. The molecule has 1 saturated carbocycles. The van der Waals surface area contributed by atoms with Crippen molar-refractivity contribution >= 4 is 34.5 Å². The number of aromatic nitrogens is 1. The number of carboxylic acid groups (broad SMARTS) is 3. The predicted octanol–water partition coefficient (Wildman–Crippen LogP) is 2.08. The van der Waals surface area contributed by atoms with Gasteiger partial charge in [0.1, 0.15) is 11.3 Å². The van der Waals surface area contributed by atoms with Gasteiger partial charge in [0.25, 0.3) is 0 Å². The van der Waals surface area contributed by atoms with Crippen molar-refractivity contribution in [2.75, 3.05) is 31.6 Å². The van der Waals surface area contributed by atoms with E-state index >= 15 is 4.39 Å². The van der Waals surface area contributed by atoms with Crippen LogP contribution in [0.3, 0.4) is 0 Å². The second kappa shape index (κ2) is 10.6. The number of nitrogens with one attached hydrogen (secondary N) is 1. The van der Waals surface area contributed by atoms with Crippen LogP contribution in [0.5, 0.6) is 5.75 Å². The van der Waals surface area contributed by atoms with E-state index in [1.807, 2.05) is 4.90 Å². The molecule has 1 aromatic carbocycles. The summed E-state index contributed by atoms with van der Waals surface area (Å²) in [6, 6.07) is 1.62. The highest BCUT2D eigenvalue weighted by Gasteiger charge is 2.38. The summed E-state index contributed by atoms with van der Waals surface area (Å²) in [6.07, 6.45) is 6.52. The van der Waals surface area contributed by atoms with Crippen LogP contribution in [-0.4, -0.2) is 70.6 Å². The van der Waals surface area contributed by atoms with Crippen molar-refractivity contribution in [2.45, 2.75) is 37.8 Å². The number of rotatable bonds is 6. The molecule has 0 spiro atoms. The Morgan fingerprint density at radius 2 is 1.78 bits per heavy atom. The molecule has 2 aromatic rings. The summed E-state index contributed by atoms with van der Waals surface area (Å²) in [4.78, 5) is 45.5. The third-order valence-corrected chi connectivity index (χ3v) is 6.86. The van der Waals surface area contributed by atoms with Crippen molar-refractivity contribution in [3.05, 3.63) is 46.0 Å². The number of ether oxygens (including phenoxy) is 1. The number of carbonyl (C=O) groups is 3. The monoisotopic (exact) mass is 517 g/mol. The lowest BCUT2D eigenvalue weighted by Crippen LogP contribution is -2.40. The highest BCUT2D eigenvalue weighted by Crippen LogP contribution is 2.45. The number of hydrogen-bond acceptors (Lipinski definition) is 7. The second-order valence-corrected chi connectivity index (χ2v) is 9.33. The van der Waals surface area contributed by atoms with Gasteiger partial charge in [0.15, 0.2) is 11.6 Å². The summed E-state index contributed by atoms with van der Waals surface area (Å²) < 4.78 is 22.8. The van der Waals surface area contributed by atoms with Crippen LogP contribution < -0.4 is 20.4 Å². The number of nitrogens with zero attached hydrogens (tertiary/aromatic N) is 2. The Balaban J connectivity index is 0.000000349. The Bertz CT molecular complexity index is 1300. The Morgan fingerprint density at radius 3 is 2.32 bits per heavy atom. The van der Waals surface area contributed by atoms with Gasteiger partial charge < -0.3 is 34.8 Å². The van der Waals surface area contributed by atoms with Crippen molar-refractivity contribution < 1.29 is 38.8 Å². The summed E-state index contributed by atoms with van der Waals surface area (Å²) in [6.45, 7) is 2.40. The molecule has 1 aliphatic carbocycles. The maximum absolute atomic E-state index is 15.3. The molecule has 1 unspecified atom stereocenters. The quantitative estimate of drug-likeness (QED) is 0.418. The number of aliphatic carboxylic acids is 2. The molecule has 2 saturated heterocycles. The molecule has 3 fully saturated rings. The summed E-state index contributed by atoms with van der Waals surface area (Å²) in [5.74, 6) is -3.58. The maximum atomic E-state index is 15.3. The second-order valence-electron chi connectivity index (χ2n) is 9.33. The van der Waals surface area contributed by atoms with Gasteiger partial charge in [0.2, 0.25) is 5.43 Å². The fraction of sp³-hybridized carbons (Fsp3) is 0.440. The number of carboxylic acids is 3. The average Bonchev–Trinajstić information content (AvgIpc) is 3.60. The summed E-state index contributed by atoms with van der Waals surface area (Å²) in [7, 11) is 1.48. The lowest BCUT2D eigenvalue weighted by atomic mass is 9.94. The van der Waals surface area contributed by atoms with Crippen LogP contribution >= 0.6 is 0 Å². The molecule has 0 bridgehead atoms. The number of aromatic carboxylic acids is 1. The number of halogens is 1. The van der Waals surface area contributed by atoms with Crippen LogP contribution in [0.15, 0.2) is 29.2 Å². The number of methoxy groups -OCH3 is 1. The van der Waals surface area contributed by atoms with Gasteiger partial charge in [-0.2, -0.15) is 0 Å². The molecule has 198 valence electrons. The number of pyridine rings is 1. The zero-order chi connectivity index (χ0) is 26.9. The fourth-order valence-corrected chi connectivity index (χ4v) is 5.10. The van der Waals surface area contributed by atoms with E-state index in [4.69, 9.17) is 14.9 Å². The maximum Gasteiger partial charge on any atom is 0.341 e. The number of anilines is 1. The molecule has 3 aliphatic rings. The number of fused-ring (bicyclic) bond motifs is 2. The van der Waals surface area contributed by atoms with E-state index in [9.17, 15) is 24.3 Å². The minimum absolute atomic E-state index is 0.0599. The molecule has 4 N–H and O–H groups in total. The first kappa shape index (κ1) is 26.1. The SMILES string of the molecule is COc1c(N2CC3CCCN[C@@H]3C2)c(F)cc2c(=O)c(C(=O)O)cn(C3CC3)c12.O=C(O)C=CC(=O)O. The van der Waals surface area contributed by atoms with Gasteiger partial charge in [-0.3, -0.25) is 4.79 Å². The molecule has 1 aromatic heterocycles. The molecular formula is C25H28FN3O8. The Kier molecular flexibility index (Phi) is 7.48. The van der Waals surface area contributed by atoms with Crippen LogP contribution in [-0.2, 0) is 9.59 Å². The Labute approximate surface area is 210 Å². The van der Waals surface area contributed by atoms with Crippen LogP contribution in [0.1, 0.15) is 42.1 Å². The Morgan fingerprint density at radius 1 is 1.11 bits per heavy atom. The van der Waals surface area contributed by atoms with Gasteiger partial charge in [0, 0.05) is 43.5 Å². The first-order chi connectivity index (χ1) is 17.6. The Hall–Kier alpha value is -3.93. The summed E-state index contributed by atoms with van der Waals surface area (Å²) in [5, 5.41) is 28.6. The molecule has 0 radical (unpaired) electrons. The average molecular weight is 518 g/mol. The molecule has 3 heterocycles. The minimum Gasteiger partial charge on any atom is -0.492 e. The van der Waals surface area contributed by atoms with Crippen molar-refractivity contribution in [1.29, 1.82) is 0 Å². The van der Waals surface area contributed by atoms with Crippen molar-refractivity contribution in [3.8, 4) is 5.75 Å². The van der Waals surface area contributed by atoms with Gasteiger partial charge >= 0.3 is 17.9 Å². The normalized spacial score (nSPS) is 20.9. The van der Waals surface area contributed by atoms with Crippen LogP contribution in [0.4, 0.5) is 10.1 Å². The fourth-order valence-electron chi connectivity index (χ4n) is 5.10. The molecule has 5 rings (SSSR count). The first-order valence-corrected chi connectivity index (χ1v) is 11.9. The summed E-state index contributed by atoms with van der Waals surface area (Å²) >= 11 is 0. The number of benzene rings is 1. The molecular weight excluding hydrogens is 489 g/mol. The first-order valence-electron chi connectivity index (χ1n) is 11.9. The minimum atomic E-state index is -1.30. The highest BCUT2D eigenvalue weighted by molar-refractivity contribution is 5.97. The highest BCUT2D eigenvalue weighted by atomic mass is 19.1. The van der Waals surface area contributed by atoms with E-state index in [-0.39, 0.29) is 17.0 Å². The third-order valence-electron chi connectivity index (χ3n) is 6.86. The predicted molar refractivity (Wildman–Crippen MR) is 131 cm³/mol. The van der Waals surface area contributed by atoms with E-state index in [1.54, 1.807) is 4.57 Å². The molecule has 2 atom stereocenters.